The number of carbonyl (C=O) groups is 2. The van der Waals surface area contributed by atoms with Crippen molar-refractivity contribution in [2.75, 3.05) is 6.26 Å². The molecule has 0 heterocycles. The maximum absolute atomic E-state index is 12.7. The topological polar surface area (TPSA) is 57.6 Å². The van der Waals surface area contributed by atoms with Crippen LogP contribution < -0.4 is 0 Å². The Morgan fingerprint density at radius 3 is 2.55 bits per heavy atom. The van der Waals surface area contributed by atoms with E-state index in [-0.39, 0.29) is 11.9 Å². The largest absolute Gasteiger partial charge is 0.480 e. The van der Waals surface area contributed by atoms with Crippen molar-refractivity contribution >= 4 is 23.6 Å². The van der Waals surface area contributed by atoms with E-state index in [1.165, 1.54) is 4.90 Å². The lowest BCUT2D eigenvalue weighted by Crippen LogP contribution is -2.45. The molecule has 1 atom stereocenters. The normalized spacial score (nSPS) is 15.8. The van der Waals surface area contributed by atoms with Crippen molar-refractivity contribution in [2.45, 2.75) is 43.7 Å². The molecule has 20 heavy (non-hydrogen) atoms. The van der Waals surface area contributed by atoms with Crippen molar-refractivity contribution in [1.29, 1.82) is 0 Å². The number of carbonyl (C=O) groups excluding carboxylic acids is 1. The summed E-state index contributed by atoms with van der Waals surface area (Å²) in [6.45, 7) is 3.46. The molecule has 1 fully saturated rings. The molecule has 0 bridgehead atoms. The summed E-state index contributed by atoms with van der Waals surface area (Å²) in [4.78, 5) is 26.5. The van der Waals surface area contributed by atoms with Gasteiger partial charge in [-0.25, -0.2) is 4.79 Å². The van der Waals surface area contributed by atoms with Gasteiger partial charge in [-0.15, -0.1) is 11.8 Å². The van der Waals surface area contributed by atoms with Crippen LogP contribution in [0.5, 0.6) is 0 Å². The predicted molar refractivity (Wildman–Crippen MR) is 79.2 cm³/mol. The van der Waals surface area contributed by atoms with E-state index in [0.29, 0.717) is 5.56 Å². The van der Waals surface area contributed by atoms with Gasteiger partial charge >= 0.3 is 5.97 Å². The summed E-state index contributed by atoms with van der Waals surface area (Å²) >= 11 is 1.57. The van der Waals surface area contributed by atoms with Gasteiger partial charge in [-0.3, -0.25) is 4.79 Å². The summed E-state index contributed by atoms with van der Waals surface area (Å²) in [5, 5.41) is 9.20. The maximum atomic E-state index is 12.7. The standard InChI is InChI=1S/C15H19NO3S/c1-9-4-7-12(20-3)8-13(9)14(17)16(11-5-6-11)10(2)15(18)19/h4,7-8,10-11H,5-6H2,1-3H3,(H,18,19). The molecule has 1 saturated carbocycles. The Morgan fingerprint density at radius 1 is 1.40 bits per heavy atom. The SMILES string of the molecule is CSc1ccc(C)c(C(=O)N(C2CC2)C(C)C(=O)O)c1. The van der Waals surface area contributed by atoms with E-state index in [0.717, 1.165) is 23.3 Å². The van der Waals surface area contributed by atoms with Gasteiger partial charge in [-0.1, -0.05) is 6.07 Å². The number of carboxylic acid groups (broad SMARTS) is 1. The second-order valence-corrected chi connectivity index (χ2v) is 6.02. The van der Waals surface area contributed by atoms with Gasteiger partial charge in [-0.05, 0) is 50.6 Å². The lowest BCUT2D eigenvalue weighted by molar-refractivity contribution is -0.141. The Balaban J connectivity index is 2.34. The van der Waals surface area contributed by atoms with Crippen molar-refractivity contribution in [1.82, 2.24) is 4.90 Å². The average Bonchev–Trinajstić information content (AvgIpc) is 3.23. The smallest absolute Gasteiger partial charge is 0.326 e. The number of carboxylic acids is 1. The van der Waals surface area contributed by atoms with E-state index in [1.54, 1.807) is 18.7 Å². The molecule has 4 nitrogen and oxygen atoms in total. The third kappa shape index (κ3) is 2.98. The first-order valence-electron chi connectivity index (χ1n) is 6.65. The summed E-state index contributed by atoms with van der Waals surface area (Å²) in [5.74, 6) is -1.13. The van der Waals surface area contributed by atoms with Gasteiger partial charge < -0.3 is 10.0 Å². The summed E-state index contributed by atoms with van der Waals surface area (Å²) in [7, 11) is 0. The molecule has 1 aromatic carbocycles. The van der Waals surface area contributed by atoms with Gasteiger partial charge in [0, 0.05) is 16.5 Å². The Hall–Kier alpha value is -1.49. The lowest BCUT2D eigenvalue weighted by Gasteiger charge is -2.27. The van der Waals surface area contributed by atoms with Crippen molar-refractivity contribution in [3.63, 3.8) is 0 Å². The molecule has 1 N–H and O–H groups in total. The fraction of sp³-hybridized carbons (Fsp3) is 0.467. The molecule has 1 amide bonds. The molecule has 1 unspecified atom stereocenters. The fourth-order valence-corrected chi connectivity index (χ4v) is 2.67. The third-order valence-electron chi connectivity index (χ3n) is 3.62. The highest BCUT2D eigenvalue weighted by atomic mass is 32.2. The van der Waals surface area contributed by atoms with Crippen molar-refractivity contribution in [3.8, 4) is 0 Å². The van der Waals surface area contributed by atoms with Crippen molar-refractivity contribution < 1.29 is 14.7 Å². The quantitative estimate of drug-likeness (QED) is 0.848. The zero-order chi connectivity index (χ0) is 14.9. The Kier molecular flexibility index (Phi) is 4.38. The summed E-state index contributed by atoms with van der Waals surface area (Å²) < 4.78 is 0. The first-order chi connectivity index (χ1) is 9.45. The number of nitrogens with zero attached hydrogens (tertiary/aromatic N) is 1. The van der Waals surface area contributed by atoms with Gasteiger partial charge in [0.2, 0.25) is 0 Å². The Morgan fingerprint density at radius 2 is 2.05 bits per heavy atom. The van der Waals surface area contributed by atoms with Crippen LogP contribution in [-0.4, -0.2) is 40.2 Å². The first-order valence-corrected chi connectivity index (χ1v) is 7.88. The van der Waals surface area contributed by atoms with Crippen LogP contribution in [0.15, 0.2) is 23.1 Å². The number of thioether (sulfide) groups is 1. The molecule has 1 aromatic rings. The summed E-state index contributed by atoms with van der Waals surface area (Å²) in [6, 6.07) is 5.03. The number of rotatable bonds is 5. The zero-order valence-electron chi connectivity index (χ0n) is 11.9. The van der Waals surface area contributed by atoms with Crippen LogP contribution in [0.25, 0.3) is 0 Å². The Labute approximate surface area is 123 Å². The van der Waals surface area contributed by atoms with Crippen LogP contribution in [0.2, 0.25) is 0 Å². The molecule has 0 saturated heterocycles. The van der Waals surface area contributed by atoms with Gasteiger partial charge in [0.15, 0.2) is 0 Å². The highest BCUT2D eigenvalue weighted by molar-refractivity contribution is 7.98. The minimum absolute atomic E-state index is 0.0749. The molecule has 2 rings (SSSR count). The average molecular weight is 293 g/mol. The number of hydrogen-bond donors (Lipinski definition) is 1. The minimum Gasteiger partial charge on any atom is -0.480 e. The number of amides is 1. The number of aliphatic carboxylic acids is 1. The van der Waals surface area contributed by atoms with Gasteiger partial charge in [-0.2, -0.15) is 0 Å². The van der Waals surface area contributed by atoms with Crippen LogP contribution in [0, 0.1) is 6.92 Å². The van der Waals surface area contributed by atoms with E-state index in [1.807, 2.05) is 31.4 Å². The summed E-state index contributed by atoms with van der Waals surface area (Å²) in [5.41, 5.74) is 1.49. The van der Waals surface area contributed by atoms with Gasteiger partial charge in [0.1, 0.15) is 6.04 Å². The first kappa shape index (κ1) is 14.9. The second-order valence-electron chi connectivity index (χ2n) is 5.14. The summed E-state index contributed by atoms with van der Waals surface area (Å²) in [6.07, 6.45) is 3.74. The van der Waals surface area contributed by atoms with E-state index in [4.69, 9.17) is 0 Å². The molecular weight excluding hydrogens is 274 g/mol. The predicted octanol–water partition coefficient (Wildman–Crippen LogP) is 2.79. The molecule has 0 aliphatic heterocycles. The molecule has 108 valence electrons. The van der Waals surface area contributed by atoms with E-state index >= 15 is 0 Å². The van der Waals surface area contributed by atoms with Crippen LogP contribution in [0.3, 0.4) is 0 Å². The zero-order valence-corrected chi connectivity index (χ0v) is 12.7. The monoisotopic (exact) mass is 293 g/mol. The Bertz CT molecular complexity index is 540. The molecule has 0 spiro atoms. The van der Waals surface area contributed by atoms with E-state index < -0.39 is 12.0 Å². The van der Waals surface area contributed by atoms with Crippen molar-refractivity contribution in [3.05, 3.63) is 29.3 Å². The molecular formula is C15H19NO3S. The van der Waals surface area contributed by atoms with Crippen LogP contribution >= 0.6 is 11.8 Å². The molecule has 0 aromatic heterocycles. The van der Waals surface area contributed by atoms with Crippen LogP contribution in [0.4, 0.5) is 0 Å². The highest BCUT2D eigenvalue weighted by Gasteiger charge is 2.39. The van der Waals surface area contributed by atoms with Gasteiger partial charge in [0.05, 0.1) is 0 Å². The van der Waals surface area contributed by atoms with E-state index in [2.05, 4.69) is 0 Å². The fourth-order valence-electron chi connectivity index (χ4n) is 2.23. The molecule has 0 radical (unpaired) electrons. The van der Waals surface area contributed by atoms with E-state index in [9.17, 15) is 14.7 Å². The molecule has 1 aliphatic rings. The molecule has 5 heteroatoms. The highest BCUT2D eigenvalue weighted by Crippen LogP contribution is 2.31. The van der Waals surface area contributed by atoms with Crippen molar-refractivity contribution in [2.24, 2.45) is 0 Å². The van der Waals surface area contributed by atoms with Crippen LogP contribution in [0.1, 0.15) is 35.7 Å². The number of benzene rings is 1. The van der Waals surface area contributed by atoms with Gasteiger partial charge in [0.25, 0.3) is 5.91 Å². The lowest BCUT2D eigenvalue weighted by atomic mass is 10.1. The maximum Gasteiger partial charge on any atom is 0.326 e. The number of hydrogen-bond acceptors (Lipinski definition) is 3. The molecule has 1 aliphatic carbocycles. The second kappa shape index (κ2) is 5.87. The minimum atomic E-state index is -0.955. The third-order valence-corrected chi connectivity index (χ3v) is 4.35. The number of aryl methyl sites for hydroxylation is 1. The van der Waals surface area contributed by atoms with Crippen LogP contribution in [-0.2, 0) is 4.79 Å².